The van der Waals surface area contributed by atoms with Gasteiger partial charge in [0.15, 0.2) is 0 Å². The molecule has 0 saturated heterocycles. The summed E-state index contributed by atoms with van der Waals surface area (Å²) < 4.78 is 28.9. The highest BCUT2D eigenvalue weighted by Crippen LogP contribution is 2.14. The molecule has 2 heterocycles. The molecule has 0 saturated carbocycles. The van der Waals surface area contributed by atoms with Gasteiger partial charge in [-0.05, 0) is 18.2 Å². The van der Waals surface area contributed by atoms with Gasteiger partial charge in [0.2, 0.25) is 0 Å². The summed E-state index contributed by atoms with van der Waals surface area (Å²) in [6.07, 6.45) is 0. The molecule has 2 aromatic heterocycles. The van der Waals surface area contributed by atoms with E-state index in [1.54, 1.807) is 0 Å². The lowest BCUT2D eigenvalue weighted by Crippen LogP contribution is -2.37. The third-order valence-corrected chi connectivity index (χ3v) is 4.29. The Balaban J connectivity index is 1.98. The monoisotopic (exact) mass is 374 g/mol. The van der Waals surface area contributed by atoms with Gasteiger partial charge in [0.25, 0.3) is 11.5 Å². The minimum absolute atomic E-state index is 0.00391. The van der Waals surface area contributed by atoms with E-state index in [2.05, 4.69) is 4.98 Å². The summed E-state index contributed by atoms with van der Waals surface area (Å²) in [5, 5.41) is 0.198. The smallest absolute Gasteiger partial charge is 0.332 e. The van der Waals surface area contributed by atoms with Crippen LogP contribution in [0.4, 0.5) is 8.78 Å². The van der Waals surface area contributed by atoms with Crippen molar-refractivity contribution in [1.82, 2.24) is 19.0 Å². The number of benzene rings is 1. The molecule has 1 amide bonds. The van der Waals surface area contributed by atoms with Gasteiger partial charge in [-0.25, -0.2) is 18.6 Å². The molecule has 0 fully saturated rings. The molecule has 0 radical (unpaired) electrons. The highest BCUT2D eigenvalue weighted by atomic mass is 19.1. The first-order valence-electron chi connectivity index (χ1n) is 7.97. The van der Waals surface area contributed by atoms with Crippen LogP contribution < -0.4 is 11.2 Å². The largest absolute Gasteiger partial charge is 0.336 e. The number of aromatic nitrogens is 3. The van der Waals surface area contributed by atoms with Gasteiger partial charge in [0.05, 0.1) is 5.39 Å². The number of hydrogen-bond donors (Lipinski definition) is 0. The zero-order valence-electron chi connectivity index (χ0n) is 14.9. The Bertz CT molecular complexity index is 1180. The second-order valence-electron chi connectivity index (χ2n) is 6.17. The molecule has 7 nitrogen and oxygen atoms in total. The van der Waals surface area contributed by atoms with Gasteiger partial charge < -0.3 is 4.90 Å². The van der Waals surface area contributed by atoms with Gasteiger partial charge in [0.1, 0.15) is 23.0 Å². The molecule has 1 aromatic carbocycles. The summed E-state index contributed by atoms with van der Waals surface area (Å²) in [5.74, 6) is -2.00. The second-order valence-corrected chi connectivity index (χ2v) is 6.17. The molecule has 0 atom stereocenters. The number of rotatable bonds is 3. The highest BCUT2D eigenvalue weighted by Gasteiger charge is 2.18. The van der Waals surface area contributed by atoms with Crippen LogP contribution in [-0.4, -0.2) is 32.0 Å². The van der Waals surface area contributed by atoms with Crippen molar-refractivity contribution in [2.24, 2.45) is 14.1 Å². The van der Waals surface area contributed by atoms with Gasteiger partial charge in [-0.3, -0.25) is 18.7 Å². The standard InChI is InChI=1S/C18H16F2N4O3/c1-22(9-10-4-5-11(19)8-13(10)20)17(26)14-7-6-12-15(21-14)23(2)18(27)24(3)16(12)25/h4-8H,9H2,1-3H3. The first-order chi connectivity index (χ1) is 12.7. The van der Waals surface area contributed by atoms with E-state index in [-0.39, 0.29) is 28.8 Å². The van der Waals surface area contributed by atoms with Crippen LogP contribution in [0.5, 0.6) is 0 Å². The molecule has 0 aliphatic rings. The van der Waals surface area contributed by atoms with Crippen molar-refractivity contribution in [3.63, 3.8) is 0 Å². The maximum Gasteiger partial charge on any atom is 0.332 e. The van der Waals surface area contributed by atoms with Crippen LogP contribution in [0.25, 0.3) is 11.0 Å². The topological polar surface area (TPSA) is 77.2 Å². The maximum atomic E-state index is 13.8. The Labute approximate surface area is 152 Å². The summed E-state index contributed by atoms with van der Waals surface area (Å²) in [5.41, 5.74) is -0.854. The normalized spacial score (nSPS) is 11.0. The molecule has 0 N–H and O–H groups in total. The zero-order valence-corrected chi connectivity index (χ0v) is 14.9. The molecule has 3 aromatic rings. The maximum absolute atomic E-state index is 13.8. The quantitative estimate of drug-likeness (QED) is 0.690. The molecule has 0 unspecified atom stereocenters. The Kier molecular flexibility index (Phi) is 4.61. The SMILES string of the molecule is CN(Cc1ccc(F)cc1F)C(=O)c1ccc2c(=O)n(C)c(=O)n(C)c2n1. The Morgan fingerprint density at radius 3 is 2.48 bits per heavy atom. The van der Waals surface area contributed by atoms with Crippen molar-refractivity contribution in [3.05, 3.63) is 74.1 Å². The number of aryl methyl sites for hydroxylation is 1. The highest BCUT2D eigenvalue weighted by molar-refractivity contribution is 5.94. The minimum atomic E-state index is -0.757. The number of hydrogen-bond acceptors (Lipinski definition) is 4. The van der Waals surface area contributed by atoms with E-state index in [4.69, 9.17) is 0 Å². The van der Waals surface area contributed by atoms with E-state index < -0.39 is 28.8 Å². The number of amides is 1. The molecule has 140 valence electrons. The number of fused-ring (bicyclic) bond motifs is 1. The molecule has 0 aliphatic heterocycles. The third-order valence-electron chi connectivity index (χ3n) is 4.29. The number of carbonyl (C=O) groups excluding carboxylic acids is 1. The number of carbonyl (C=O) groups is 1. The summed E-state index contributed by atoms with van der Waals surface area (Å²) in [6, 6.07) is 5.90. The van der Waals surface area contributed by atoms with Crippen molar-refractivity contribution in [2.45, 2.75) is 6.54 Å². The Morgan fingerprint density at radius 2 is 1.81 bits per heavy atom. The van der Waals surface area contributed by atoms with Crippen LogP contribution in [0.15, 0.2) is 39.9 Å². The number of nitrogens with zero attached hydrogens (tertiary/aromatic N) is 4. The van der Waals surface area contributed by atoms with E-state index in [0.29, 0.717) is 0 Å². The average Bonchev–Trinajstić information content (AvgIpc) is 2.65. The molecule has 9 heteroatoms. The van der Waals surface area contributed by atoms with Crippen LogP contribution in [0.1, 0.15) is 16.1 Å². The van der Waals surface area contributed by atoms with Gasteiger partial charge in [-0.15, -0.1) is 0 Å². The van der Waals surface area contributed by atoms with Gasteiger partial charge in [0, 0.05) is 39.3 Å². The van der Waals surface area contributed by atoms with E-state index in [9.17, 15) is 23.2 Å². The Hall–Kier alpha value is -3.36. The number of halogens is 2. The lowest BCUT2D eigenvalue weighted by molar-refractivity contribution is 0.0778. The van der Waals surface area contributed by atoms with Crippen molar-refractivity contribution < 1.29 is 13.6 Å². The van der Waals surface area contributed by atoms with Crippen molar-refractivity contribution in [1.29, 1.82) is 0 Å². The van der Waals surface area contributed by atoms with Crippen LogP contribution in [0.2, 0.25) is 0 Å². The zero-order chi connectivity index (χ0) is 19.9. The van der Waals surface area contributed by atoms with E-state index >= 15 is 0 Å². The Morgan fingerprint density at radius 1 is 1.11 bits per heavy atom. The predicted molar refractivity (Wildman–Crippen MR) is 94.4 cm³/mol. The van der Waals surface area contributed by atoms with Crippen LogP contribution in [0.3, 0.4) is 0 Å². The average molecular weight is 374 g/mol. The van der Waals surface area contributed by atoms with Gasteiger partial charge in [-0.2, -0.15) is 0 Å². The summed E-state index contributed by atoms with van der Waals surface area (Å²) in [7, 11) is 4.25. The third kappa shape index (κ3) is 3.23. The van der Waals surface area contributed by atoms with E-state index in [0.717, 1.165) is 16.7 Å². The number of pyridine rings is 1. The van der Waals surface area contributed by atoms with E-state index in [1.165, 1.54) is 48.8 Å². The lowest BCUT2D eigenvalue weighted by atomic mass is 10.2. The molecular weight excluding hydrogens is 358 g/mol. The molecule has 27 heavy (non-hydrogen) atoms. The fraction of sp³-hybridized carbons (Fsp3) is 0.222. The molecule has 0 aliphatic carbocycles. The molecular formula is C18H16F2N4O3. The summed E-state index contributed by atoms with van der Waals surface area (Å²) in [4.78, 5) is 42.2. The predicted octanol–water partition coefficient (Wildman–Crippen LogP) is 1.18. The van der Waals surface area contributed by atoms with Crippen LogP contribution in [-0.2, 0) is 20.6 Å². The van der Waals surface area contributed by atoms with Crippen molar-refractivity contribution in [2.75, 3.05) is 7.05 Å². The lowest BCUT2D eigenvalue weighted by Gasteiger charge is -2.17. The molecule has 0 bridgehead atoms. The van der Waals surface area contributed by atoms with Crippen molar-refractivity contribution in [3.8, 4) is 0 Å². The van der Waals surface area contributed by atoms with E-state index in [1.807, 2.05) is 0 Å². The summed E-state index contributed by atoms with van der Waals surface area (Å²) in [6.45, 7) is -0.0971. The fourth-order valence-electron chi connectivity index (χ4n) is 2.75. The summed E-state index contributed by atoms with van der Waals surface area (Å²) >= 11 is 0. The first-order valence-corrected chi connectivity index (χ1v) is 7.97. The molecule has 0 spiro atoms. The van der Waals surface area contributed by atoms with Gasteiger partial charge in [-0.1, -0.05) is 6.07 Å². The minimum Gasteiger partial charge on any atom is -0.336 e. The fourth-order valence-corrected chi connectivity index (χ4v) is 2.75. The van der Waals surface area contributed by atoms with Crippen molar-refractivity contribution >= 4 is 16.9 Å². The second kappa shape index (κ2) is 6.75. The first kappa shape index (κ1) is 18.4. The van der Waals surface area contributed by atoms with Gasteiger partial charge >= 0.3 is 5.69 Å². The van der Waals surface area contributed by atoms with Crippen LogP contribution >= 0.6 is 0 Å². The van der Waals surface area contributed by atoms with Crippen LogP contribution in [0, 0.1) is 11.6 Å². The molecule has 3 rings (SSSR count).